The first kappa shape index (κ1) is 21.5. The molecule has 0 spiro atoms. The van der Waals surface area contributed by atoms with Crippen molar-refractivity contribution in [2.24, 2.45) is 0 Å². The third kappa shape index (κ3) is 4.81. The van der Waals surface area contributed by atoms with E-state index in [9.17, 15) is 13.2 Å². The molecule has 9 heteroatoms. The number of aryl methyl sites for hydroxylation is 1. The molecular weight excluding hydrogens is 454 g/mol. The lowest BCUT2D eigenvalue weighted by molar-refractivity contribution is 0.0960. The van der Waals surface area contributed by atoms with Crippen LogP contribution in [0.1, 0.15) is 20.9 Å². The van der Waals surface area contributed by atoms with Crippen LogP contribution in [0, 0.1) is 6.92 Å². The summed E-state index contributed by atoms with van der Waals surface area (Å²) >= 11 is 7.30. The number of nitrogens with zero attached hydrogens (tertiary/aromatic N) is 2. The Morgan fingerprint density at radius 1 is 1.13 bits per heavy atom. The van der Waals surface area contributed by atoms with Crippen molar-refractivity contribution < 1.29 is 13.2 Å². The molecule has 4 aromatic rings. The van der Waals surface area contributed by atoms with Crippen LogP contribution in [0.5, 0.6) is 0 Å². The Bertz CT molecular complexity index is 1330. The van der Waals surface area contributed by atoms with E-state index in [1.807, 2.05) is 41.9 Å². The van der Waals surface area contributed by atoms with Crippen LogP contribution in [0.2, 0.25) is 5.02 Å². The number of rotatable bonds is 7. The van der Waals surface area contributed by atoms with E-state index in [0.29, 0.717) is 16.4 Å². The van der Waals surface area contributed by atoms with Gasteiger partial charge in [-0.3, -0.25) is 9.48 Å². The van der Waals surface area contributed by atoms with Crippen LogP contribution in [0.15, 0.2) is 65.6 Å². The number of hydrogen-bond acceptors (Lipinski definition) is 5. The van der Waals surface area contributed by atoms with Crippen molar-refractivity contribution in [2.45, 2.75) is 18.4 Å². The summed E-state index contributed by atoms with van der Waals surface area (Å²) in [6.07, 6.45) is 0. The van der Waals surface area contributed by atoms with Crippen LogP contribution in [0.25, 0.3) is 10.2 Å². The number of carbonyl (C=O) groups excluding carboxylic acids is 1. The van der Waals surface area contributed by atoms with Gasteiger partial charge in [-0.05, 0) is 42.8 Å². The van der Waals surface area contributed by atoms with Gasteiger partial charge in [0.15, 0.2) is 9.84 Å². The normalized spacial score (nSPS) is 11.7. The Morgan fingerprint density at radius 3 is 2.55 bits per heavy atom. The van der Waals surface area contributed by atoms with Gasteiger partial charge in [0.05, 0.1) is 27.8 Å². The first-order valence-electron chi connectivity index (χ1n) is 9.61. The van der Waals surface area contributed by atoms with E-state index in [2.05, 4.69) is 10.4 Å². The van der Waals surface area contributed by atoms with Gasteiger partial charge in [-0.2, -0.15) is 5.10 Å². The number of carbonyl (C=O) groups is 1. The van der Waals surface area contributed by atoms with E-state index in [4.69, 9.17) is 11.6 Å². The van der Waals surface area contributed by atoms with Gasteiger partial charge in [0.25, 0.3) is 5.91 Å². The van der Waals surface area contributed by atoms with Crippen molar-refractivity contribution in [3.8, 4) is 0 Å². The quantitative estimate of drug-likeness (QED) is 0.433. The summed E-state index contributed by atoms with van der Waals surface area (Å²) in [5.74, 6) is -0.446. The molecule has 0 unspecified atom stereocenters. The molecule has 0 saturated carbocycles. The second-order valence-corrected chi connectivity index (χ2v) is 10.7. The van der Waals surface area contributed by atoms with Crippen LogP contribution in [-0.2, 0) is 16.4 Å². The van der Waals surface area contributed by atoms with Crippen LogP contribution in [0.3, 0.4) is 0 Å². The fourth-order valence-corrected chi connectivity index (χ4v) is 5.61. The van der Waals surface area contributed by atoms with E-state index in [0.717, 1.165) is 21.5 Å². The maximum absolute atomic E-state index is 12.6. The number of halogens is 1. The third-order valence-electron chi connectivity index (χ3n) is 4.84. The highest BCUT2D eigenvalue weighted by Gasteiger charge is 2.18. The van der Waals surface area contributed by atoms with Crippen molar-refractivity contribution in [1.29, 1.82) is 0 Å². The topological polar surface area (TPSA) is 81.1 Å². The van der Waals surface area contributed by atoms with Gasteiger partial charge in [-0.25, -0.2) is 8.42 Å². The number of nitrogens with one attached hydrogen (secondary N) is 1. The van der Waals surface area contributed by atoms with Crippen molar-refractivity contribution in [3.63, 3.8) is 0 Å². The summed E-state index contributed by atoms with van der Waals surface area (Å²) in [4.78, 5) is 14.3. The number of fused-ring (bicyclic) bond motifs is 1. The number of aromatic nitrogens is 2. The van der Waals surface area contributed by atoms with Crippen LogP contribution >= 0.6 is 22.9 Å². The van der Waals surface area contributed by atoms with E-state index in [-0.39, 0.29) is 23.1 Å². The Balaban J connectivity index is 1.46. The van der Waals surface area contributed by atoms with Gasteiger partial charge in [0.1, 0.15) is 4.83 Å². The summed E-state index contributed by atoms with van der Waals surface area (Å²) in [6.45, 7) is 2.51. The second-order valence-electron chi connectivity index (χ2n) is 7.09. The Morgan fingerprint density at radius 2 is 1.84 bits per heavy atom. The highest BCUT2D eigenvalue weighted by molar-refractivity contribution is 7.91. The Labute approximate surface area is 189 Å². The summed E-state index contributed by atoms with van der Waals surface area (Å²) in [6, 6.07) is 17.6. The number of benzene rings is 2. The van der Waals surface area contributed by atoms with Gasteiger partial charge >= 0.3 is 0 Å². The molecule has 2 aromatic heterocycles. The molecule has 0 aliphatic heterocycles. The summed E-state index contributed by atoms with van der Waals surface area (Å²) in [5.41, 5.74) is 1.89. The molecule has 1 amide bonds. The molecule has 0 aliphatic rings. The lowest BCUT2D eigenvalue weighted by Gasteiger charge is -2.06. The molecule has 0 bridgehead atoms. The average molecular weight is 474 g/mol. The molecule has 0 atom stereocenters. The van der Waals surface area contributed by atoms with Gasteiger partial charge in [0.2, 0.25) is 0 Å². The molecule has 6 nitrogen and oxygen atoms in total. The molecule has 31 heavy (non-hydrogen) atoms. The predicted molar refractivity (Wildman–Crippen MR) is 124 cm³/mol. The predicted octanol–water partition coefficient (Wildman–Crippen LogP) is 4.31. The standard InChI is InChI=1S/C22H20ClN3O3S2/c1-15-19-13-20(21(27)24-11-12-31(28,29)18-5-3-2-4-6-18)30-22(19)26(25-15)14-16-7-9-17(23)10-8-16/h2-10,13H,11-12,14H2,1H3,(H,24,27). The summed E-state index contributed by atoms with van der Waals surface area (Å²) in [7, 11) is -3.44. The minimum atomic E-state index is -3.44. The van der Waals surface area contributed by atoms with Crippen LogP contribution < -0.4 is 5.32 Å². The molecular formula is C22H20ClN3O3S2. The minimum Gasteiger partial charge on any atom is -0.350 e. The Hall–Kier alpha value is -2.68. The van der Waals surface area contributed by atoms with Crippen LogP contribution in [0.4, 0.5) is 0 Å². The van der Waals surface area contributed by atoms with Gasteiger partial charge < -0.3 is 5.32 Å². The first-order chi connectivity index (χ1) is 14.8. The highest BCUT2D eigenvalue weighted by Crippen LogP contribution is 2.29. The fraction of sp³-hybridized carbons (Fsp3) is 0.182. The van der Waals surface area contributed by atoms with Crippen LogP contribution in [-0.4, -0.2) is 36.4 Å². The molecule has 0 saturated heterocycles. The highest BCUT2D eigenvalue weighted by atomic mass is 35.5. The molecule has 2 aromatic carbocycles. The van der Waals surface area contributed by atoms with E-state index in [1.165, 1.54) is 11.3 Å². The number of thiophene rings is 1. The van der Waals surface area contributed by atoms with E-state index in [1.54, 1.807) is 30.3 Å². The number of sulfone groups is 1. The largest absolute Gasteiger partial charge is 0.350 e. The lowest BCUT2D eigenvalue weighted by atomic mass is 10.2. The maximum atomic E-state index is 12.6. The average Bonchev–Trinajstić information content (AvgIpc) is 3.32. The van der Waals surface area contributed by atoms with Crippen molar-refractivity contribution in [3.05, 3.63) is 81.8 Å². The van der Waals surface area contributed by atoms with Gasteiger partial charge in [-0.15, -0.1) is 11.3 Å². The van der Waals surface area contributed by atoms with Crippen molar-refractivity contribution >= 4 is 48.9 Å². The fourth-order valence-electron chi connectivity index (χ4n) is 3.23. The van der Waals surface area contributed by atoms with E-state index >= 15 is 0 Å². The maximum Gasteiger partial charge on any atom is 0.261 e. The first-order valence-corrected chi connectivity index (χ1v) is 12.5. The SMILES string of the molecule is Cc1nn(Cc2ccc(Cl)cc2)c2sc(C(=O)NCCS(=O)(=O)c3ccccc3)cc12. The zero-order chi connectivity index (χ0) is 22.0. The monoisotopic (exact) mass is 473 g/mol. The second kappa shape index (κ2) is 8.82. The number of amides is 1. The van der Waals surface area contributed by atoms with Gasteiger partial charge in [-0.1, -0.05) is 41.9 Å². The zero-order valence-electron chi connectivity index (χ0n) is 16.7. The summed E-state index contributed by atoms with van der Waals surface area (Å²) < 4.78 is 26.6. The number of hydrogen-bond donors (Lipinski definition) is 1. The minimum absolute atomic E-state index is 0.0419. The van der Waals surface area contributed by atoms with Crippen molar-refractivity contribution in [1.82, 2.24) is 15.1 Å². The van der Waals surface area contributed by atoms with Crippen molar-refractivity contribution in [2.75, 3.05) is 12.3 Å². The Kier molecular flexibility index (Phi) is 6.13. The molecule has 1 N–H and O–H groups in total. The molecule has 0 aliphatic carbocycles. The molecule has 160 valence electrons. The third-order valence-corrected chi connectivity index (χ3v) is 7.97. The zero-order valence-corrected chi connectivity index (χ0v) is 19.1. The molecule has 2 heterocycles. The van der Waals surface area contributed by atoms with E-state index < -0.39 is 9.84 Å². The smallest absolute Gasteiger partial charge is 0.261 e. The molecule has 4 rings (SSSR count). The molecule has 0 fully saturated rings. The molecule has 0 radical (unpaired) electrons. The van der Waals surface area contributed by atoms with Gasteiger partial charge in [0, 0.05) is 17.0 Å². The summed E-state index contributed by atoms with van der Waals surface area (Å²) in [5, 5.41) is 8.89. The lowest BCUT2D eigenvalue weighted by Crippen LogP contribution is -2.28.